The van der Waals surface area contributed by atoms with Gasteiger partial charge in [-0.15, -0.1) is 0 Å². The first-order valence-corrected chi connectivity index (χ1v) is 8.72. The average Bonchev–Trinajstić information content (AvgIpc) is 3.23. The van der Waals surface area contributed by atoms with Gasteiger partial charge < -0.3 is 15.6 Å². The van der Waals surface area contributed by atoms with E-state index in [0.29, 0.717) is 25.9 Å². The lowest BCUT2D eigenvalue weighted by Gasteiger charge is -2.16. The fourth-order valence-electron chi connectivity index (χ4n) is 3.59. The van der Waals surface area contributed by atoms with E-state index in [2.05, 4.69) is 22.1 Å². The first-order chi connectivity index (χ1) is 12.2. The molecule has 2 atom stereocenters. The van der Waals surface area contributed by atoms with E-state index in [-0.39, 0.29) is 17.9 Å². The summed E-state index contributed by atoms with van der Waals surface area (Å²) < 4.78 is 0. The highest BCUT2D eigenvalue weighted by Crippen LogP contribution is 2.26. The van der Waals surface area contributed by atoms with Gasteiger partial charge >= 0.3 is 0 Å². The first-order valence-electron chi connectivity index (χ1n) is 8.72. The van der Waals surface area contributed by atoms with Gasteiger partial charge in [0.2, 0.25) is 5.91 Å². The molecule has 4 rings (SSSR count). The fourth-order valence-corrected chi connectivity index (χ4v) is 3.59. The van der Waals surface area contributed by atoms with Gasteiger partial charge in [0.15, 0.2) is 0 Å². The van der Waals surface area contributed by atoms with Gasteiger partial charge in [0.25, 0.3) is 0 Å². The van der Waals surface area contributed by atoms with Gasteiger partial charge in [0.1, 0.15) is 5.82 Å². The average molecular weight is 334 g/mol. The van der Waals surface area contributed by atoms with E-state index in [1.54, 1.807) is 0 Å². The van der Waals surface area contributed by atoms with Crippen molar-refractivity contribution in [1.82, 2.24) is 14.9 Å². The molecule has 5 heteroatoms. The molecule has 1 aromatic heterocycles. The molecule has 5 nitrogen and oxygen atoms in total. The zero-order chi connectivity index (χ0) is 17.2. The van der Waals surface area contributed by atoms with E-state index in [9.17, 15) is 4.79 Å². The predicted octanol–water partition coefficient (Wildman–Crippen LogP) is 2.45. The summed E-state index contributed by atoms with van der Waals surface area (Å²) >= 11 is 0. The summed E-state index contributed by atoms with van der Waals surface area (Å²) in [4.78, 5) is 22.3. The lowest BCUT2D eigenvalue weighted by molar-refractivity contribution is -0.130. The first kappa shape index (κ1) is 15.8. The van der Waals surface area contributed by atoms with Crippen LogP contribution in [0.5, 0.6) is 0 Å². The molecule has 0 saturated carbocycles. The van der Waals surface area contributed by atoms with Crippen molar-refractivity contribution in [3.05, 3.63) is 66.0 Å². The van der Waals surface area contributed by atoms with E-state index in [4.69, 9.17) is 5.73 Å². The Labute approximate surface area is 146 Å². The fraction of sp³-hybridized carbons (Fsp3) is 0.300. The Bertz CT molecular complexity index is 841. The molecule has 0 spiro atoms. The van der Waals surface area contributed by atoms with Crippen molar-refractivity contribution < 1.29 is 4.79 Å². The number of aromatic nitrogens is 2. The predicted molar refractivity (Wildman–Crippen MR) is 98.2 cm³/mol. The highest BCUT2D eigenvalue weighted by molar-refractivity contribution is 5.78. The lowest BCUT2D eigenvalue weighted by atomic mass is 9.95. The number of nitrogens with one attached hydrogen (secondary N) is 1. The van der Waals surface area contributed by atoms with Crippen molar-refractivity contribution >= 4 is 16.9 Å². The lowest BCUT2D eigenvalue weighted by Crippen LogP contribution is -2.32. The normalized spacial score (nSPS) is 20.3. The number of likely N-dealkylation sites (tertiary alicyclic amines) is 1. The third kappa shape index (κ3) is 3.28. The Hall–Kier alpha value is -2.66. The number of carbonyl (C=O) groups excluding carboxylic acids is 1. The van der Waals surface area contributed by atoms with Crippen molar-refractivity contribution in [3.8, 4) is 0 Å². The molecular weight excluding hydrogens is 312 g/mol. The third-order valence-corrected chi connectivity index (χ3v) is 4.96. The van der Waals surface area contributed by atoms with Crippen molar-refractivity contribution in [2.45, 2.75) is 24.8 Å². The van der Waals surface area contributed by atoms with Crippen molar-refractivity contribution in [2.24, 2.45) is 5.73 Å². The van der Waals surface area contributed by atoms with Crippen LogP contribution in [0.15, 0.2) is 54.6 Å². The number of para-hydroxylation sites is 2. The van der Waals surface area contributed by atoms with Crippen LogP contribution in [0.4, 0.5) is 0 Å². The molecule has 3 N–H and O–H groups in total. The van der Waals surface area contributed by atoms with Crippen LogP contribution in [0.2, 0.25) is 0 Å². The Kier molecular flexibility index (Phi) is 4.24. The Balaban J connectivity index is 1.38. The molecular formula is C20H22N4O. The summed E-state index contributed by atoms with van der Waals surface area (Å²) in [6.45, 7) is 1.32. The number of imidazole rings is 1. The number of aromatic amines is 1. The largest absolute Gasteiger partial charge is 0.342 e. The number of nitrogens with zero attached hydrogens (tertiary/aromatic N) is 2. The van der Waals surface area contributed by atoms with Crippen LogP contribution in [0.3, 0.4) is 0 Å². The topological polar surface area (TPSA) is 75.0 Å². The van der Waals surface area contributed by atoms with Gasteiger partial charge in [-0.2, -0.15) is 0 Å². The molecule has 2 aromatic carbocycles. The minimum atomic E-state index is -0.00227. The van der Waals surface area contributed by atoms with Crippen LogP contribution in [0, 0.1) is 0 Å². The molecule has 3 aromatic rings. The van der Waals surface area contributed by atoms with Crippen molar-refractivity contribution in [2.75, 3.05) is 13.1 Å². The summed E-state index contributed by atoms with van der Waals surface area (Å²) in [6.07, 6.45) is 1.07. The molecule has 0 aliphatic carbocycles. The van der Waals surface area contributed by atoms with E-state index in [1.807, 2.05) is 47.4 Å². The van der Waals surface area contributed by atoms with Crippen LogP contribution in [0.1, 0.15) is 23.7 Å². The SMILES string of the molecule is N[C@@H]1CN(C(=O)CCc2nc3ccccc3[nH]2)C[C@H]1c1ccccc1. The van der Waals surface area contributed by atoms with Gasteiger partial charge in [0.05, 0.1) is 11.0 Å². The number of amides is 1. The van der Waals surface area contributed by atoms with Crippen molar-refractivity contribution in [1.29, 1.82) is 0 Å². The summed E-state index contributed by atoms with van der Waals surface area (Å²) in [5.41, 5.74) is 9.45. The number of nitrogens with two attached hydrogens (primary N) is 1. The zero-order valence-corrected chi connectivity index (χ0v) is 14.1. The standard InChI is InChI=1S/C20H22N4O/c21-16-13-24(12-15(16)14-6-2-1-3-7-14)20(25)11-10-19-22-17-8-4-5-9-18(17)23-19/h1-9,15-16H,10-13,21H2,(H,22,23)/t15-,16+/m0/s1. The molecule has 1 saturated heterocycles. The summed E-state index contributed by atoms with van der Waals surface area (Å²) in [5, 5.41) is 0. The molecule has 0 bridgehead atoms. The van der Waals surface area contributed by atoms with Crippen LogP contribution in [-0.2, 0) is 11.2 Å². The minimum absolute atomic E-state index is 0.00227. The summed E-state index contributed by atoms with van der Waals surface area (Å²) in [6, 6.07) is 18.1. The van der Waals surface area contributed by atoms with Crippen LogP contribution >= 0.6 is 0 Å². The maximum atomic E-state index is 12.6. The highest BCUT2D eigenvalue weighted by atomic mass is 16.2. The number of hydrogen-bond donors (Lipinski definition) is 2. The summed E-state index contributed by atoms with van der Waals surface area (Å²) in [5.74, 6) is 1.23. The number of H-pyrrole nitrogens is 1. The van der Waals surface area contributed by atoms with Gasteiger partial charge in [-0.05, 0) is 17.7 Å². The molecule has 1 aliphatic heterocycles. The maximum Gasteiger partial charge on any atom is 0.223 e. The van der Waals surface area contributed by atoms with Crippen LogP contribution < -0.4 is 5.73 Å². The molecule has 0 radical (unpaired) electrons. The number of aryl methyl sites for hydroxylation is 1. The molecule has 1 fully saturated rings. The molecule has 2 heterocycles. The number of benzene rings is 2. The second-order valence-corrected chi connectivity index (χ2v) is 6.68. The smallest absolute Gasteiger partial charge is 0.223 e. The van der Waals surface area contributed by atoms with Gasteiger partial charge in [0, 0.05) is 37.9 Å². The molecule has 1 aliphatic rings. The summed E-state index contributed by atoms with van der Waals surface area (Å²) in [7, 11) is 0. The zero-order valence-electron chi connectivity index (χ0n) is 14.1. The number of hydrogen-bond acceptors (Lipinski definition) is 3. The van der Waals surface area contributed by atoms with Gasteiger partial charge in [-0.1, -0.05) is 42.5 Å². The molecule has 1 amide bonds. The number of carbonyl (C=O) groups is 1. The van der Waals surface area contributed by atoms with E-state index < -0.39 is 0 Å². The Morgan fingerprint density at radius 2 is 1.88 bits per heavy atom. The van der Waals surface area contributed by atoms with Crippen LogP contribution in [-0.4, -0.2) is 39.9 Å². The maximum absolute atomic E-state index is 12.6. The minimum Gasteiger partial charge on any atom is -0.342 e. The van der Waals surface area contributed by atoms with Crippen molar-refractivity contribution in [3.63, 3.8) is 0 Å². The van der Waals surface area contributed by atoms with Crippen LogP contribution in [0.25, 0.3) is 11.0 Å². The van der Waals surface area contributed by atoms with Gasteiger partial charge in [-0.25, -0.2) is 4.98 Å². The quantitative estimate of drug-likeness (QED) is 0.769. The Morgan fingerprint density at radius 1 is 1.12 bits per heavy atom. The van der Waals surface area contributed by atoms with E-state index in [0.717, 1.165) is 16.9 Å². The molecule has 0 unspecified atom stereocenters. The molecule has 128 valence electrons. The van der Waals surface area contributed by atoms with Gasteiger partial charge in [-0.3, -0.25) is 4.79 Å². The van der Waals surface area contributed by atoms with E-state index in [1.165, 1.54) is 5.56 Å². The second kappa shape index (κ2) is 6.69. The Morgan fingerprint density at radius 3 is 2.68 bits per heavy atom. The monoisotopic (exact) mass is 334 g/mol. The highest BCUT2D eigenvalue weighted by Gasteiger charge is 2.33. The number of rotatable bonds is 4. The van der Waals surface area contributed by atoms with E-state index >= 15 is 0 Å². The number of fused-ring (bicyclic) bond motifs is 1. The molecule has 25 heavy (non-hydrogen) atoms. The second-order valence-electron chi connectivity index (χ2n) is 6.68. The third-order valence-electron chi connectivity index (χ3n) is 4.96.